The van der Waals surface area contributed by atoms with E-state index in [1.54, 1.807) is 18.2 Å². The predicted molar refractivity (Wildman–Crippen MR) is 75.0 cm³/mol. The molecule has 0 fully saturated rings. The highest BCUT2D eigenvalue weighted by molar-refractivity contribution is 5.86. The molecule has 0 aliphatic carbocycles. The summed E-state index contributed by atoms with van der Waals surface area (Å²) in [6.07, 6.45) is -3.83. The topological polar surface area (TPSA) is 60.7 Å². The van der Waals surface area contributed by atoms with Crippen molar-refractivity contribution in [2.75, 3.05) is 14.2 Å². The van der Waals surface area contributed by atoms with Crippen molar-refractivity contribution in [3.05, 3.63) is 47.3 Å². The molecule has 0 saturated heterocycles. The number of hydrogen-bond donors (Lipinski definition) is 1. The Morgan fingerprint density at radius 2 is 1.83 bits per heavy atom. The summed E-state index contributed by atoms with van der Waals surface area (Å²) in [5.74, 6) is -0.552. The van der Waals surface area contributed by atoms with E-state index in [4.69, 9.17) is 14.6 Å². The number of aromatic carboxylic acids is 1. The van der Waals surface area contributed by atoms with Crippen molar-refractivity contribution in [2.24, 2.45) is 0 Å². The summed E-state index contributed by atoms with van der Waals surface area (Å²) >= 11 is 0. The zero-order chi connectivity index (χ0) is 17.2. The number of methoxy groups -OCH3 is 2. The SMILES string of the molecule is COc1ccc(Cn2cc(C(F)(F)F)cc2C(=O)O)cc1OC. The van der Waals surface area contributed by atoms with Gasteiger partial charge in [0.1, 0.15) is 5.69 Å². The van der Waals surface area contributed by atoms with Crippen LogP contribution in [0, 0.1) is 0 Å². The lowest BCUT2D eigenvalue weighted by Gasteiger charge is -2.11. The van der Waals surface area contributed by atoms with E-state index in [1.165, 1.54) is 14.2 Å². The second-order valence-electron chi connectivity index (χ2n) is 4.73. The first kappa shape index (κ1) is 16.7. The zero-order valence-corrected chi connectivity index (χ0v) is 12.3. The Hall–Kier alpha value is -2.64. The summed E-state index contributed by atoms with van der Waals surface area (Å²) in [5, 5.41) is 9.07. The van der Waals surface area contributed by atoms with Gasteiger partial charge in [-0.05, 0) is 23.8 Å². The lowest BCUT2D eigenvalue weighted by atomic mass is 10.2. The van der Waals surface area contributed by atoms with Gasteiger partial charge in [0.05, 0.1) is 19.8 Å². The standard InChI is InChI=1S/C15H14F3NO4/c1-22-12-4-3-9(5-13(12)23-2)7-19-8-10(15(16,17)18)6-11(19)14(20)21/h3-6,8H,7H2,1-2H3,(H,20,21). The predicted octanol–water partition coefficient (Wildman–Crippen LogP) is 3.27. The van der Waals surface area contributed by atoms with Gasteiger partial charge in [-0.2, -0.15) is 13.2 Å². The highest BCUT2D eigenvalue weighted by Gasteiger charge is 2.33. The van der Waals surface area contributed by atoms with Gasteiger partial charge < -0.3 is 19.1 Å². The quantitative estimate of drug-likeness (QED) is 0.914. The smallest absolute Gasteiger partial charge is 0.417 e. The summed E-state index contributed by atoms with van der Waals surface area (Å²) in [6, 6.07) is 5.42. The van der Waals surface area contributed by atoms with Crippen LogP contribution in [0.1, 0.15) is 21.6 Å². The minimum absolute atomic E-state index is 0.0436. The van der Waals surface area contributed by atoms with Crippen LogP contribution in [0.3, 0.4) is 0 Å². The molecule has 0 unspecified atom stereocenters. The van der Waals surface area contributed by atoms with Gasteiger partial charge in [0.2, 0.25) is 0 Å². The van der Waals surface area contributed by atoms with Gasteiger partial charge >= 0.3 is 12.1 Å². The fourth-order valence-electron chi connectivity index (χ4n) is 2.15. The minimum Gasteiger partial charge on any atom is -0.493 e. The summed E-state index contributed by atoms with van der Waals surface area (Å²) in [5.41, 5.74) is -0.864. The molecule has 5 nitrogen and oxygen atoms in total. The van der Waals surface area contributed by atoms with Crippen molar-refractivity contribution in [2.45, 2.75) is 12.7 Å². The van der Waals surface area contributed by atoms with Gasteiger partial charge in [-0.25, -0.2) is 4.79 Å². The van der Waals surface area contributed by atoms with Gasteiger partial charge in [0.15, 0.2) is 11.5 Å². The molecule has 0 bridgehead atoms. The second-order valence-corrected chi connectivity index (χ2v) is 4.73. The van der Waals surface area contributed by atoms with Gasteiger partial charge in [-0.1, -0.05) is 6.07 Å². The molecule has 124 valence electrons. The normalized spacial score (nSPS) is 11.3. The molecule has 1 heterocycles. The number of nitrogens with zero attached hydrogens (tertiary/aromatic N) is 1. The number of hydrogen-bond acceptors (Lipinski definition) is 3. The molecule has 2 aromatic rings. The first-order valence-electron chi connectivity index (χ1n) is 6.48. The molecule has 23 heavy (non-hydrogen) atoms. The van der Waals surface area contributed by atoms with E-state index in [0.717, 1.165) is 10.8 Å². The van der Waals surface area contributed by atoms with Gasteiger partial charge in [0.25, 0.3) is 0 Å². The lowest BCUT2D eigenvalue weighted by molar-refractivity contribution is -0.137. The summed E-state index contributed by atoms with van der Waals surface area (Å²) in [7, 11) is 2.89. The van der Waals surface area contributed by atoms with E-state index < -0.39 is 23.4 Å². The van der Waals surface area contributed by atoms with E-state index in [9.17, 15) is 18.0 Å². The van der Waals surface area contributed by atoms with Crippen LogP contribution in [0.15, 0.2) is 30.5 Å². The number of benzene rings is 1. The van der Waals surface area contributed by atoms with Crippen LogP contribution in [0.5, 0.6) is 11.5 Å². The number of carboxylic acid groups (broad SMARTS) is 1. The zero-order valence-electron chi connectivity index (χ0n) is 12.3. The van der Waals surface area contributed by atoms with Crippen LogP contribution in [0.4, 0.5) is 13.2 Å². The molecule has 2 rings (SSSR count). The van der Waals surface area contributed by atoms with Gasteiger partial charge in [-0.3, -0.25) is 0 Å². The Balaban J connectivity index is 2.39. The minimum atomic E-state index is -4.60. The fourth-order valence-corrected chi connectivity index (χ4v) is 2.15. The molecule has 8 heteroatoms. The van der Waals surface area contributed by atoms with Crippen LogP contribution < -0.4 is 9.47 Å². The third kappa shape index (κ3) is 3.58. The molecular weight excluding hydrogens is 315 g/mol. The first-order valence-corrected chi connectivity index (χ1v) is 6.48. The Morgan fingerprint density at radius 3 is 2.35 bits per heavy atom. The Kier molecular flexibility index (Phi) is 4.53. The molecular formula is C15H14F3NO4. The van der Waals surface area contributed by atoms with Crippen molar-refractivity contribution in [3.8, 4) is 11.5 Å². The highest BCUT2D eigenvalue weighted by Crippen LogP contribution is 2.32. The summed E-state index contributed by atoms with van der Waals surface area (Å²) < 4.78 is 49.5. The summed E-state index contributed by atoms with van der Waals surface area (Å²) in [6.45, 7) is -0.0436. The largest absolute Gasteiger partial charge is 0.493 e. The Bertz CT molecular complexity index is 722. The monoisotopic (exact) mass is 329 g/mol. The lowest BCUT2D eigenvalue weighted by Crippen LogP contribution is -2.08. The van der Waals surface area contributed by atoms with E-state index >= 15 is 0 Å². The third-order valence-corrected chi connectivity index (χ3v) is 3.24. The Morgan fingerprint density at radius 1 is 1.17 bits per heavy atom. The summed E-state index contributed by atoms with van der Waals surface area (Å²) in [4.78, 5) is 11.1. The second kappa shape index (κ2) is 6.23. The highest BCUT2D eigenvalue weighted by atomic mass is 19.4. The van der Waals surface area contributed by atoms with E-state index in [2.05, 4.69) is 0 Å². The average Bonchev–Trinajstić information content (AvgIpc) is 2.91. The number of rotatable bonds is 5. The maximum absolute atomic E-state index is 12.8. The average molecular weight is 329 g/mol. The molecule has 0 radical (unpaired) electrons. The van der Waals surface area contributed by atoms with Crippen LogP contribution in [-0.2, 0) is 12.7 Å². The Labute approximate surface area is 129 Å². The molecule has 0 saturated carbocycles. The molecule has 0 spiro atoms. The number of carboxylic acids is 1. The first-order chi connectivity index (χ1) is 10.8. The maximum atomic E-state index is 12.8. The van der Waals surface area contributed by atoms with Crippen LogP contribution in [-0.4, -0.2) is 29.9 Å². The van der Waals surface area contributed by atoms with E-state index in [-0.39, 0.29) is 6.54 Å². The van der Waals surface area contributed by atoms with Crippen LogP contribution >= 0.6 is 0 Å². The molecule has 0 aliphatic rings. The van der Waals surface area contributed by atoms with E-state index in [1.807, 2.05) is 0 Å². The van der Waals surface area contributed by atoms with Crippen molar-refractivity contribution < 1.29 is 32.5 Å². The molecule has 1 aromatic heterocycles. The molecule has 1 aromatic carbocycles. The fraction of sp³-hybridized carbons (Fsp3) is 0.267. The van der Waals surface area contributed by atoms with Crippen molar-refractivity contribution in [1.82, 2.24) is 4.57 Å². The van der Waals surface area contributed by atoms with Gasteiger partial charge in [-0.15, -0.1) is 0 Å². The van der Waals surface area contributed by atoms with Crippen LogP contribution in [0.2, 0.25) is 0 Å². The number of aromatic nitrogens is 1. The molecule has 0 atom stereocenters. The molecule has 0 amide bonds. The van der Waals surface area contributed by atoms with Gasteiger partial charge in [0, 0.05) is 12.7 Å². The number of carbonyl (C=O) groups is 1. The maximum Gasteiger partial charge on any atom is 0.417 e. The number of halogens is 3. The number of alkyl halides is 3. The number of ether oxygens (including phenoxy) is 2. The van der Waals surface area contributed by atoms with Crippen molar-refractivity contribution in [3.63, 3.8) is 0 Å². The van der Waals surface area contributed by atoms with E-state index in [0.29, 0.717) is 23.1 Å². The molecule has 1 N–H and O–H groups in total. The van der Waals surface area contributed by atoms with Crippen molar-refractivity contribution >= 4 is 5.97 Å². The third-order valence-electron chi connectivity index (χ3n) is 3.24. The molecule has 0 aliphatic heterocycles. The van der Waals surface area contributed by atoms with Crippen molar-refractivity contribution in [1.29, 1.82) is 0 Å². The van der Waals surface area contributed by atoms with Crippen LogP contribution in [0.25, 0.3) is 0 Å².